The molecule has 0 aromatic carbocycles. The van der Waals surface area contributed by atoms with Crippen molar-refractivity contribution in [3.05, 3.63) is 48.3 Å². The van der Waals surface area contributed by atoms with E-state index in [0.717, 1.165) is 31.6 Å². The molecule has 2 saturated carbocycles. The second kappa shape index (κ2) is 6.57. The van der Waals surface area contributed by atoms with E-state index in [4.69, 9.17) is 14.0 Å². The highest BCUT2D eigenvalue weighted by atomic mass is 16.5. The lowest BCUT2D eigenvalue weighted by Crippen LogP contribution is -2.32. The van der Waals surface area contributed by atoms with Crippen LogP contribution in [0.3, 0.4) is 0 Å². The highest BCUT2D eigenvalue weighted by Gasteiger charge is 2.33. The quantitative estimate of drug-likeness (QED) is 0.663. The monoisotopic (exact) mass is 364 g/mol. The fraction of sp³-hybridized carbons (Fsp3) is 0.350. The lowest BCUT2D eigenvalue weighted by molar-refractivity contribution is -0.277. The summed E-state index contributed by atoms with van der Waals surface area (Å²) in [6.45, 7) is 0. The van der Waals surface area contributed by atoms with Crippen molar-refractivity contribution in [3.63, 3.8) is 0 Å². The average molecular weight is 364 g/mol. The van der Waals surface area contributed by atoms with E-state index >= 15 is 0 Å². The minimum atomic E-state index is -0.396. The number of pyridine rings is 2. The van der Waals surface area contributed by atoms with Gasteiger partial charge in [-0.15, -0.1) is 0 Å². The molecule has 0 unspecified atom stereocenters. The van der Waals surface area contributed by atoms with E-state index in [1.54, 1.807) is 12.3 Å². The zero-order valence-electron chi connectivity index (χ0n) is 14.6. The van der Waals surface area contributed by atoms with Gasteiger partial charge in [0.25, 0.3) is 0 Å². The fourth-order valence-electron chi connectivity index (χ4n) is 3.20. The predicted octanol–water partition coefficient (Wildman–Crippen LogP) is 3.07. The number of hydrogen-bond acceptors (Lipinski definition) is 7. The smallest absolute Gasteiger partial charge is 0.213 e. The van der Waals surface area contributed by atoms with E-state index in [1.807, 2.05) is 18.3 Å². The van der Waals surface area contributed by atoms with Crippen LogP contribution >= 0.6 is 0 Å². The zero-order valence-corrected chi connectivity index (χ0v) is 14.6. The zero-order chi connectivity index (χ0) is 18.2. The van der Waals surface area contributed by atoms with Gasteiger partial charge in [-0.2, -0.15) is 0 Å². The van der Waals surface area contributed by atoms with Crippen LogP contribution in [0.15, 0.2) is 47.2 Å². The molecular weight excluding hydrogens is 346 g/mol. The van der Waals surface area contributed by atoms with Crippen molar-refractivity contribution < 1.29 is 19.1 Å². The molecule has 5 rings (SSSR count). The van der Waals surface area contributed by atoms with Gasteiger partial charge in [0.1, 0.15) is 12.2 Å². The Kier molecular flexibility index (Phi) is 3.92. The lowest BCUT2D eigenvalue weighted by atomic mass is 9.78. The van der Waals surface area contributed by atoms with Crippen molar-refractivity contribution >= 4 is 0 Å². The van der Waals surface area contributed by atoms with Gasteiger partial charge < -0.3 is 19.1 Å². The Morgan fingerprint density at radius 2 is 1.81 bits per heavy atom. The normalized spacial score (nSPS) is 21.5. The Bertz CT molecular complexity index is 930. The first kappa shape index (κ1) is 16.1. The van der Waals surface area contributed by atoms with Crippen molar-refractivity contribution in [2.24, 2.45) is 0 Å². The molecule has 2 fully saturated rings. The minimum Gasteiger partial charge on any atom is -0.856 e. The Balaban J connectivity index is 1.17. The second-order valence-corrected chi connectivity index (χ2v) is 7.07. The van der Waals surface area contributed by atoms with Gasteiger partial charge in [-0.25, -0.2) is 9.97 Å². The maximum absolute atomic E-state index is 11.1. The molecule has 0 spiro atoms. The lowest BCUT2D eigenvalue weighted by Gasteiger charge is -2.35. The highest BCUT2D eigenvalue weighted by molar-refractivity contribution is 5.56. The number of nitrogens with zero attached hydrogens (tertiary/aromatic N) is 3. The molecular formula is C20H18N3O4-. The third-order valence-corrected chi connectivity index (χ3v) is 4.93. The summed E-state index contributed by atoms with van der Waals surface area (Å²) < 4.78 is 16.7. The first-order valence-electron chi connectivity index (χ1n) is 9.12. The first-order valence-corrected chi connectivity index (χ1v) is 9.12. The van der Waals surface area contributed by atoms with Crippen molar-refractivity contribution in [2.75, 3.05) is 0 Å². The first-order chi connectivity index (χ1) is 13.2. The van der Waals surface area contributed by atoms with Crippen molar-refractivity contribution in [3.8, 4) is 29.0 Å². The summed E-state index contributed by atoms with van der Waals surface area (Å²) >= 11 is 0. The summed E-state index contributed by atoms with van der Waals surface area (Å²) in [5.74, 6) is 1.77. The van der Waals surface area contributed by atoms with E-state index in [2.05, 4.69) is 21.2 Å². The Labute approximate surface area is 156 Å². The Hall–Kier alpha value is -3.09. The molecule has 2 aliphatic rings. The fourth-order valence-corrected chi connectivity index (χ4v) is 3.20. The Morgan fingerprint density at radius 1 is 0.963 bits per heavy atom. The number of hydrogen-bond donors (Lipinski definition) is 0. The van der Waals surface area contributed by atoms with Gasteiger partial charge in [0.15, 0.2) is 5.76 Å². The summed E-state index contributed by atoms with van der Waals surface area (Å²) in [5.41, 5.74) is 1.95. The molecule has 138 valence electrons. The third kappa shape index (κ3) is 3.58. The average Bonchev–Trinajstić information content (AvgIpc) is 3.36. The van der Waals surface area contributed by atoms with Gasteiger partial charge in [-0.05, 0) is 55.4 Å². The predicted molar refractivity (Wildman–Crippen MR) is 93.5 cm³/mol. The van der Waals surface area contributed by atoms with Crippen LogP contribution in [-0.2, 0) is 0 Å². The maximum Gasteiger partial charge on any atom is 0.213 e. The van der Waals surface area contributed by atoms with Crippen LogP contribution in [0.4, 0.5) is 0 Å². The summed E-state index contributed by atoms with van der Waals surface area (Å²) in [6, 6.07) is 9.03. The van der Waals surface area contributed by atoms with Gasteiger partial charge in [-0.1, -0.05) is 5.16 Å². The van der Waals surface area contributed by atoms with E-state index in [-0.39, 0.29) is 6.10 Å². The van der Waals surface area contributed by atoms with Gasteiger partial charge in [-0.3, -0.25) is 0 Å². The van der Waals surface area contributed by atoms with E-state index in [9.17, 15) is 5.11 Å². The molecule has 27 heavy (non-hydrogen) atoms. The van der Waals surface area contributed by atoms with Crippen LogP contribution in [0.1, 0.15) is 37.2 Å². The maximum atomic E-state index is 11.1. The summed E-state index contributed by atoms with van der Waals surface area (Å²) in [5, 5.41) is 14.4. The standard InChI is InChI=1S/C20H19N3O4/c24-18-10-17(27-23-18)13-1-4-19(22-11-13)26-16-7-14(8-16)12-5-6-21-20(9-12)25-15-2-3-15/h1,4-6,9-11,14-16H,2-3,7-8H2,(H,23,24)/p-1. The van der Waals surface area contributed by atoms with E-state index in [1.165, 1.54) is 11.6 Å². The van der Waals surface area contributed by atoms with Crippen LogP contribution in [0.25, 0.3) is 11.3 Å². The molecule has 7 nitrogen and oxygen atoms in total. The molecule has 0 aliphatic heterocycles. The van der Waals surface area contributed by atoms with Gasteiger partial charge >= 0.3 is 0 Å². The van der Waals surface area contributed by atoms with Gasteiger partial charge in [0.05, 0.1) is 0 Å². The van der Waals surface area contributed by atoms with Crippen LogP contribution in [-0.4, -0.2) is 27.3 Å². The van der Waals surface area contributed by atoms with Crippen LogP contribution in [0, 0.1) is 0 Å². The SMILES string of the molecule is [O-]c1cc(-c2ccc(OC3CC(c4ccnc(OC5CC5)c4)C3)nc2)on1. The molecule has 0 N–H and O–H groups in total. The van der Waals surface area contributed by atoms with Gasteiger partial charge in [0.2, 0.25) is 11.8 Å². The van der Waals surface area contributed by atoms with E-state index in [0.29, 0.717) is 29.2 Å². The molecule has 0 radical (unpaired) electrons. The number of aromatic nitrogens is 3. The molecule has 0 bridgehead atoms. The van der Waals surface area contributed by atoms with Crippen molar-refractivity contribution in [1.29, 1.82) is 0 Å². The number of rotatable bonds is 6. The molecule has 3 aromatic rings. The third-order valence-electron chi connectivity index (χ3n) is 4.93. The molecule has 0 saturated heterocycles. The molecule has 3 heterocycles. The molecule has 7 heteroatoms. The summed E-state index contributed by atoms with van der Waals surface area (Å²) in [4.78, 5) is 8.58. The van der Waals surface area contributed by atoms with Gasteiger partial charge in [0, 0.05) is 36.0 Å². The van der Waals surface area contributed by atoms with E-state index < -0.39 is 5.88 Å². The Morgan fingerprint density at radius 3 is 2.52 bits per heavy atom. The molecule has 0 amide bonds. The largest absolute Gasteiger partial charge is 0.856 e. The van der Waals surface area contributed by atoms with Crippen molar-refractivity contribution in [2.45, 2.75) is 43.8 Å². The van der Waals surface area contributed by atoms with Crippen molar-refractivity contribution in [1.82, 2.24) is 15.1 Å². The highest BCUT2D eigenvalue weighted by Crippen LogP contribution is 2.40. The molecule has 3 aromatic heterocycles. The molecule has 0 atom stereocenters. The van der Waals surface area contributed by atoms with Crippen LogP contribution in [0.2, 0.25) is 0 Å². The second-order valence-electron chi connectivity index (χ2n) is 7.07. The van der Waals surface area contributed by atoms with Crippen LogP contribution in [0.5, 0.6) is 17.6 Å². The van der Waals surface area contributed by atoms with Crippen LogP contribution < -0.4 is 14.6 Å². The number of ether oxygens (including phenoxy) is 2. The molecule has 2 aliphatic carbocycles. The summed E-state index contributed by atoms with van der Waals surface area (Å²) in [7, 11) is 0. The summed E-state index contributed by atoms with van der Waals surface area (Å²) in [6.07, 6.45) is 8.09. The minimum absolute atomic E-state index is 0.146. The topological polar surface area (TPSA) is 93.3 Å².